The summed E-state index contributed by atoms with van der Waals surface area (Å²) in [5.74, 6) is -2.34. The first-order chi connectivity index (χ1) is 11.7. The van der Waals surface area contributed by atoms with Crippen LogP contribution in [-0.2, 0) is 16.0 Å². The number of amides is 2. The van der Waals surface area contributed by atoms with Crippen molar-refractivity contribution >= 4 is 11.8 Å². The molecule has 25 heavy (non-hydrogen) atoms. The first-order valence-electron chi connectivity index (χ1n) is 7.94. The SMILES string of the molecule is CC(C)(CO)[C@@H](O)C(=O)NCCNC(=O)CCc1ccc(F)cc1F. The highest BCUT2D eigenvalue weighted by Crippen LogP contribution is 2.19. The summed E-state index contributed by atoms with van der Waals surface area (Å²) in [5, 5.41) is 23.9. The summed E-state index contributed by atoms with van der Waals surface area (Å²) in [5.41, 5.74) is -0.716. The quantitative estimate of drug-likeness (QED) is 0.484. The first kappa shape index (κ1) is 21.0. The molecule has 0 spiro atoms. The zero-order valence-electron chi connectivity index (χ0n) is 14.3. The third-order valence-corrected chi connectivity index (χ3v) is 3.78. The van der Waals surface area contributed by atoms with Crippen LogP contribution in [0.2, 0.25) is 0 Å². The Morgan fingerprint density at radius 2 is 1.84 bits per heavy atom. The summed E-state index contributed by atoms with van der Waals surface area (Å²) < 4.78 is 26.2. The summed E-state index contributed by atoms with van der Waals surface area (Å²) in [6, 6.07) is 3.19. The summed E-state index contributed by atoms with van der Waals surface area (Å²) >= 11 is 0. The topological polar surface area (TPSA) is 98.7 Å². The van der Waals surface area contributed by atoms with Crippen LogP contribution in [0.3, 0.4) is 0 Å². The van der Waals surface area contributed by atoms with Gasteiger partial charge in [0.05, 0.1) is 6.61 Å². The second-order valence-corrected chi connectivity index (χ2v) is 6.43. The van der Waals surface area contributed by atoms with Gasteiger partial charge >= 0.3 is 0 Å². The van der Waals surface area contributed by atoms with Gasteiger partial charge in [-0.2, -0.15) is 0 Å². The van der Waals surface area contributed by atoms with Crippen LogP contribution in [-0.4, -0.2) is 47.8 Å². The normalized spacial score (nSPS) is 12.6. The van der Waals surface area contributed by atoms with Gasteiger partial charge in [-0.3, -0.25) is 9.59 Å². The van der Waals surface area contributed by atoms with Crippen molar-refractivity contribution in [3.8, 4) is 0 Å². The van der Waals surface area contributed by atoms with Gasteiger partial charge in [0.15, 0.2) is 0 Å². The standard InChI is InChI=1S/C17H24F2N2O4/c1-17(2,10-22)15(24)16(25)21-8-7-20-14(23)6-4-11-3-5-12(18)9-13(11)19/h3,5,9,15,22,24H,4,6-8,10H2,1-2H3,(H,20,23)(H,21,25)/t15-/m0/s1. The Hall–Kier alpha value is -2.06. The molecular weight excluding hydrogens is 334 g/mol. The molecule has 1 aromatic carbocycles. The van der Waals surface area contributed by atoms with Gasteiger partial charge in [-0.25, -0.2) is 8.78 Å². The van der Waals surface area contributed by atoms with Crippen LogP contribution < -0.4 is 10.6 Å². The van der Waals surface area contributed by atoms with E-state index < -0.39 is 29.1 Å². The van der Waals surface area contributed by atoms with Crippen LogP contribution in [0.1, 0.15) is 25.8 Å². The number of carbonyl (C=O) groups excluding carboxylic acids is 2. The molecule has 1 rings (SSSR count). The number of aliphatic hydroxyl groups excluding tert-OH is 2. The maximum atomic E-state index is 13.4. The average molecular weight is 358 g/mol. The number of aliphatic hydroxyl groups is 2. The van der Waals surface area contributed by atoms with Crippen molar-refractivity contribution in [2.24, 2.45) is 5.41 Å². The number of nitrogens with one attached hydrogen (secondary N) is 2. The molecule has 0 bridgehead atoms. The zero-order chi connectivity index (χ0) is 19.0. The smallest absolute Gasteiger partial charge is 0.249 e. The van der Waals surface area contributed by atoms with Crippen molar-refractivity contribution in [3.63, 3.8) is 0 Å². The molecule has 0 aromatic heterocycles. The van der Waals surface area contributed by atoms with Gasteiger partial charge in [0.25, 0.3) is 0 Å². The number of halogens is 2. The fraction of sp³-hybridized carbons (Fsp3) is 0.529. The molecule has 0 heterocycles. The largest absolute Gasteiger partial charge is 0.396 e. The lowest BCUT2D eigenvalue weighted by Crippen LogP contribution is -2.47. The zero-order valence-corrected chi connectivity index (χ0v) is 14.3. The fourth-order valence-electron chi connectivity index (χ4n) is 1.99. The van der Waals surface area contributed by atoms with Crippen LogP contribution in [0.25, 0.3) is 0 Å². The van der Waals surface area contributed by atoms with Crippen LogP contribution in [0.4, 0.5) is 8.78 Å². The van der Waals surface area contributed by atoms with Crippen LogP contribution in [0.5, 0.6) is 0 Å². The molecule has 0 aliphatic heterocycles. The highest BCUT2D eigenvalue weighted by atomic mass is 19.1. The number of rotatable bonds is 9. The van der Waals surface area contributed by atoms with Crippen molar-refractivity contribution in [1.29, 1.82) is 0 Å². The van der Waals surface area contributed by atoms with Gasteiger partial charge in [0.1, 0.15) is 17.7 Å². The Labute approximate surface area is 145 Å². The number of aryl methyl sites for hydroxylation is 1. The number of hydrogen-bond acceptors (Lipinski definition) is 4. The Morgan fingerprint density at radius 1 is 1.20 bits per heavy atom. The van der Waals surface area contributed by atoms with Crippen LogP contribution in [0.15, 0.2) is 18.2 Å². The van der Waals surface area contributed by atoms with Crippen molar-refractivity contribution in [2.75, 3.05) is 19.7 Å². The Morgan fingerprint density at radius 3 is 2.44 bits per heavy atom. The lowest BCUT2D eigenvalue weighted by molar-refractivity contribution is -0.137. The van der Waals surface area contributed by atoms with E-state index in [1.165, 1.54) is 6.07 Å². The number of benzene rings is 1. The van der Waals surface area contributed by atoms with E-state index in [9.17, 15) is 23.5 Å². The van der Waals surface area contributed by atoms with E-state index in [4.69, 9.17) is 5.11 Å². The molecule has 4 N–H and O–H groups in total. The van der Waals surface area contributed by atoms with Gasteiger partial charge in [0, 0.05) is 31.0 Å². The van der Waals surface area contributed by atoms with Crippen molar-refractivity contribution in [1.82, 2.24) is 10.6 Å². The third kappa shape index (κ3) is 6.75. The van der Waals surface area contributed by atoms with E-state index in [0.29, 0.717) is 0 Å². The number of carbonyl (C=O) groups is 2. The summed E-state index contributed by atoms with van der Waals surface area (Å²) in [7, 11) is 0. The third-order valence-electron chi connectivity index (χ3n) is 3.78. The van der Waals surface area contributed by atoms with E-state index >= 15 is 0 Å². The molecule has 0 saturated heterocycles. The van der Waals surface area contributed by atoms with E-state index in [1.54, 1.807) is 13.8 Å². The number of hydrogen-bond donors (Lipinski definition) is 4. The Bertz CT molecular complexity index is 608. The second-order valence-electron chi connectivity index (χ2n) is 6.43. The molecule has 1 atom stereocenters. The molecule has 0 aliphatic carbocycles. The van der Waals surface area contributed by atoms with Crippen LogP contribution >= 0.6 is 0 Å². The lowest BCUT2D eigenvalue weighted by Gasteiger charge is -2.27. The molecular formula is C17H24F2N2O4. The van der Waals surface area contributed by atoms with E-state index in [1.807, 2.05) is 0 Å². The van der Waals surface area contributed by atoms with E-state index in [-0.39, 0.29) is 44.0 Å². The molecule has 0 aliphatic rings. The predicted octanol–water partition coefficient (Wildman–Crippen LogP) is 0.509. The van der Waals surface area contributed by atoms with Gasteiger partial charge in [0.2, 0.25) is 11.8 Å². The molecule has 140 valence electrons. The van der Waals surface area contributed by atoms with Gasteiger partial charge in [-0.05, 0) is 18.1 Å². The second kappa shape index (κ2) is 9.43. The summed E-state index contributed by atoms with van der Waals surface area (Å²) in [6.45, 7) is 3.00. The minimum absolute atomic E-state index is 0.0245. The summed E-state index contributed by atoms with van der Waals surface area (Å²) in [4.78, 5) is 23.4. The molecule has 8 heteroatoms. The highest BCUT2D eigenvalue weighted by Gasteiger charge is 2.32. The molecule has 0 fully saturated rings. The molecule has 6 nitrogen and oxygen atoms in total. The molecule has 0 unspecified atom stereocenters. The molecule has 2 amide bonds. The van der Waals surface area contributed by atoms with Gasteiger partial charge in [-0.15, -0.1) is 0 Å². The fourth-order valence-corrected chi connectivity index (χ4v) is 1.99. The van der Waals surface area contributed by atoms with E-state index in [0.717, 1.165) is 12.1 Å². The lowest BCUT2D eigenvalue weighted by atomic mass is 9.87. The van der Waals surface area contributed by atoms with E-state index in [2.05, 4.69) is 10.6 Å². The predicted molar refractivity (Wildman–Crippen MR) is 87.6 cm³/mol. The maximum Gasteiger partial charge on any atom is 0.249 e. The van der Waals surface area contributed by atoms with Crippen molar-refractivity contribution in [3.05, 3.63) is 35.4 Å². The average Bonchev–Trinajstić information content (AvgIpc) is 2.57. The molecule has 0 saturated carbocycles. The monoisotopic (exact) mass is 358 g/mol. The minimum atomic E-state index is -1.37. The van der Waals surface area contributed by atoms with Gasteiger partial charge < -0.3 is 20.8 Å². The maximum absolute atomic E-state index is 13.4. The van der Waals surface area contributed by atoms with Gasteiger partial charge in [-0.1, -0.05) is 19.9 Å². The Balaban J connectivity index is 2.28. The Kier molecular flexibility index (Phi) is 7.92. The highest BCUT2D eigenvalue weighted by molar-refractivity contribution is 5.81. The summed E-state index contributed by atoms with van der Waals surface area (Å²) in [6.07, 6.45) is -1.21. The molecule has 1 aromatic rings. The van der Waals surface area contributed by atoms with Crippen molar-refractivity contribution in [2.45, 2.75) is 32.8 Å². The van der Waals surface area contributed by atoms with Crippen molar-refractivity contribution < 1.29 is 28.6 Å². The minimum Gasteiger partial charge on any atom is -0.396 e. The first-order valence-corrected chi connectivity index (χ1v) is 7.94. The molecule has 0 radical (unpaired) electrons. The van der Waals surface area contributed by atoms with Crippen LogP contribution in [0, 0.1) is 17.0 Å².